The van der Waals surface area contributed by atoms with Gasteiger partial charge in [-0.1, -0.05) is 102 Å². The van der Waals surface area contributed by atoms with E-state index in [1.807, 2.05) is 43.3 Å². The molecule has 1 aromatic heterocycles. The molecule has 0 N–H and O–H groups in total. The number of hydrogen-bond acceptors (Lipinski definition) is 5. The summed E-state index contributed by atoms with van der Waals surface area (Å²) in [6.45, 7) is 6.83. The van der Waals surface area contributed by atoms with Gasteiger partial charge in [-0.2, -0.15) is 0 Å². The first kappa shape index (κ1) is 24.7. The van der Waals surface area contributed by atoms with E-state index in [9.17, 15) is 4.79 Å². The van der Waals surface area contributed by atoms with Crippen molar-refractivity contribution in [3.8, 4) is 21.8 Å². The molecule has 1 aliphatic heterocycles. The molecule has 1 fully saturated rings. The van der Waals surface area contributed by atoms with Crippen LogP contribution in [-0.4, -0.2) is 59.5 Å². The van der Waals surface area contributed by atoms with Crippen LogP contribution >= 0.6 is 11.3 Å². The highest BCUT2D eigenvalue weighted by Crippen LogP contribution is 2.40. The van der Waals surface area contributed by atoms with Crippen molar-refractivity contribution in [3.63, 3.8) is 0 Å². The molecule has 5 rings (SSSR count). The molecule has 0 unspecified atom stereocenters. The predicted molar refractivity (Wildman–Crippen MR) is 151 cm³/mol. The second-order valence-electron chi connectivity index (χ2n) is 8.88. The second kappa shape index (κ2) is 11.4. The third kappa shape index (κ3) is 5.73. The van der Waals surface area contributed by atoms with Crippen LogP contribution in [0.2, 0.25) is 0 Å². The first-order chi connectivity index (χ1) is 18.1. The largest absolute Gasteiger partial charge is 0.450 e. The number of aromatic nitrogens is 1. The fourth-order valence-electron chi connectivity index (χ4n) is 4.31. The Balaban J connectivity index is 1.56. The minimum absolute atomic E-state index is 0.253. The molecule has 7 heteroatoms. The Kier molecular flexibility index (Phi) is 7.61. The summed E-state index contributed by atoms with van der Waals surface area (Å²) in [5.74, 6) is 0.893. The van der Waals surface area contributed by atoms with E-state index in [1.54, 1.807) is 16.2 Å². The molecule has 3 aromatic carbocycles. The van der Waals surface area contributed by atoms with Crippen molar-refractivity contribution < 1.29 is 9.53 Å². The Hall–Kier alpha value is -3.97. The van der Waals surface area contributed by atoms with Crippen LogP contribution in [0.5, 0.6) is 0 Å². The molecule has 188 valence electrons. The number of amides is 1. The molecule has 37 heavy (non-hydrogen) atoms. The number of thiazole rings is 1. The van der Waals surface area contributed by atoms with Crippen LogP contribution in [-0.2, 0) is 4.74 Å². The van der Waals surface area contributed by atoms with Gasteiger partial charge in [-0.05, 0) is 13.8 Å². The molecule has 0 aliphatic carbocycles. The highest BCUT2D eigenvalue weighted by atomic mass is 32.1. The Morgan fingerprint density at radius 1 is 0.865 bits per heavy atom. The smallest absolute Gasteiger partial charge is 0.409 e. The SMILES string of the molecule is CCOC(=O)N1CCN(C(=Nc2sc(-c3ccccc3)nc2-c2ccccc2)c2ccc(C)cc2)CC1. The van der Waals surface area contributed by atoms with Crippen molar-refractivity contribution in [3.05, 3.63) is 96.1 Å². The van der Waals surface area contributed by atoms with Gasteiger partial charge in [0.1, 0.15) is 21.5 Å². The van der Waals surface area contributed by atoms with Crippen LogP contribution in [0.15, 0.2) is 89.9 Å². The summed E-state index contributed by atoms with van der Waals surface area (Å²) < 4.78 is 5.21. The summed E-state index contributed by atoms with van der Waals surface area (Å²) >= 11 is 1.60. The van der Waals surface area contributed by atoms with E-state index in [-0.39, 0.29) is 6.09 Å². The number of ether oxygens (including phenoxy) is 1. The molecule has 0 spiro atoms. The van der Waals surface area contributed by atoms with Crippen molar-refractivity contribution in [2.75, 3.05) is 32.8 Å². The Bertz CT molecular complexity index is 1360. The van der Waals surface area contributed by atoms with E-state index in [0.29, 0.717) is 32.8 Å². The van der Waals surface area contributed by atoms with Crippen LogP contribution in [0.1, 0.15) is 18.1 Å². The quantitative estimate of drug-likeness (QED) is 0.223. The van der Waals surface area contributed by atoms with E-state index in [2.05, 4.69) is 60.4 Å². The molecule has 0 bridgehead atoms. The Morgan fingerprint density at radius 3 is 2.08 bits per heavy atom. The molecule has 0 saturated carbocycles. The first-order valence-corrected chi connectivity index (χ1v) is 13.4. The van der Waals surface area contributed by atoms with Gasteiger partial charge in [0.25, 0.3) is 0 Å². The van der Waals surface area contributed by atoms with Gasteiger partial charge in [0.2, 0.25) is 0 Å². The van der Waals surface area contributed by atoms with Crippen LogP contribution in [0, 0.1) is 6.92 Å². The minimum Gasteiger partial charge on any atom is -0.450 e. The number of aryl methyl sites for hydroxylation is 1. The fourth-order valence-corrected chi connectivity index (χ4v) is 5.27. The zero-order valence-corrected chi connectivity index (χ0v) is 21.9. The lowest BCUT2D eigenvalue weighted by Crippen LogP contribution is -2.50. The first-order valence-electron chi connectivity index (χ1n) is 12.6. The molecule has 1 aliphatic rings. The maximum Gasteiger partial charge on any atom is 0.409 e. The van der Waals surface area contributed by atoms with Crippen LogP contribution in [0.3, 0.4) is 0 Å². The third-order valence-corrected chi connectivity index (χ3v) is 7.30. The maximum atomic E-state index is 12.3. The van der Waals surface area contributed by atoms with E-state index >= 15 is 0 Å². The average Bonchev–Trinajstić information content (AvgIpc) is 3.37. The summed E-state index contributed by atoms with van der Waals surface area (Å²) in [5.41, 5.74) is 5.23. The van der Waals surface area contributed by atoms with E-state index in [1.165, 1.54) is 5.56 Å². The van der Waals surface area contributed by atoms with Crippen LogP contribution in [0.25, 0.3) is 21.8 Å². The highest BCUT2D eigenvalue weighted by Gasteiger charge is 2.25. The van der Waals surface area contributed by atoms with Gasteiger partial charge in [-0.15, -0.1) is 0 Å². The molecule has 1 amide bonds. The van der Waals surface area contributed by atoms with Gasteiger partial charge < -0.3 is 14.5 Å². The fraction of sp³-hybridized carbons (Fsp3) is 0.233. The monoisotopic (exact) mass is 510 g/mol. The number of carbonyl (C=O) groups is 1. The summed E-state index contributed by atoms with van der Waals surface area (Å²) in [7, 11) is 0. The maximum absolute atomic E-state index is 12.3. The number of carbonyl (C=O) groups excluding carboxylic acids is 1. The van der Waals surface area contributed by atoms with Gasteiger partial charge in [0.05, 0.1) is 6.61 Å². The van der Waals surface area contributed by atoms with Crippen LogP contribution in [0.4, 0.5) is 9.80 Å². The lowest BCUT2D eigenvalue weighted by atomic mass is 10.1. The molecule has 4 aromatic rings. The van der Waals surface area contributed by atoms with Gasteiger partial charge in [-0.3, -0.25) is 0 Å². The number of rotatable bonds is 5. The zero-order chi connectivity index (χ0) is 25.6. The van der Waals surface area contributed by atoms with E-state index in [4.69, 9.17) is 14.7 Å². The van der Waals surface area contributed by atoms with E-state index < -0.39 is 0 Å². The molecule has 2 heterocycles. The minimum atomic E-state index is -0.253. The predicted octanol–water partition coefficient (Wildman–Crippen LogP) is 6.64. The van der Waals surface area contributed by atoms with Crippen LogP contribution < -0.4 is 0 Å². The number of nitrogens with zero attached hydrogens (tertiary/aromatic N) is 4. The lowest BCUT2D eigenvalue weighted by Gasteiger charge is -2.36. The van der Waals surface area contributed by atoms with Crippen molar-refractivity contribution >= 4 is 28.3 Å². The molecular formula is C30H30N4O2S. The second-order valence-corrected chi connectivity index (χ2v) is 9.86. The number of benzene rings is 3. The Morgan fingerprint density at radius 2 is 1.46 bits per heavy atom. The Labute approximate surface area is 221 Å². The van der Waals surface area contributed by atoms with Crippen molar-refractivity contribution in [1.29, 1.82) is 0 Å². The van der Waals surface area contributed by atoms with Gasteiger partial charge >= 0.3 is 6.09 Å². The molecular weight excluding hydrogens is 480 g/mol. The van der Waals surface area contributed by atoms with Gasteiger partial charge in [0, 0.05) is 42.9 Å². The number of piperazine rings is 1. The van der Waals surface area contributed by atoms with E-state index in [0.717, 1.165) is 38.2 Å². The average molecular weight is 511 g/mol. The standard InChI is InChI=1S/C30H30N4O2S/c1-3-36-30(35)34-20-18-33(19-21-34)27(24-16-14-22(2)15-17-24)32-29-26(23-10-6-4-7-11-23)31-28(37-29)25-12-8-5-9-13-25/h4-17H,3,18-21H2,1-2H3. The zero-order valence-electron chi connectivity index (χ0n) is 21.1. The summed E-state index contributed by atoms with van der Waals surface area (Å²) in [6, 6.07) is 28.9. The molecule has 6 nitrogen and oxygen atoms in total. The molecule has 1 saturated heterocycles. The van der Waals surface area contributed by atoms with Crippen molar-refractivity contribution in [2.45, 2.75) is 13.8 Å². The number of amidine groups is 1. The van der Waals surface area contributed by atoms with Crippen molar-refractivity contribution in [1.82, 2.24) is 14.8 Å². The summed E-state index contributed by atoms with van der Waals surface area (Å²) in [6.07, 6.45) is -0.253. The third-order valence-electron chi connectivity index (χ3n) is 6.30. The summed E-state index contributed by atoms with van der Waals surface area (Å²) in [4.78, 5) is 26.6. The van der Waals surface area contributed by atoms with Gasteiger partial charge in [-0.25, -0.2) is 14.8 Å². The normalized spacial score (nSPS) is 14.1. The van der Waals surface area contributed by atoms with Crippen molar-refractivity contribution in [2.24, 2.45) is 4.99 Å². The topological polar surface area (TPSA) is 58.0 Å². The number of hydrogen-bond donors (Lipinski definition) is 0. The molecule has 0 atom stereocenters. The summed E-state index contributed by atoms with van der Waals surface area (Å²) in [5, 5.41) is 1.81. The number of aliphatic imine (C=N–C) groups is 1. The lowest BCUT2D eigenvalue weighted by molar-refractivity contribution is 0.0921. The highest BCUT2D eigenvalue weighted by molar-refractivity contribution is 7.19. The molecule has 0 radical (unpaired) electrons. The van der Waals surface area contributed by atoms with Gasteiger partial charge in [0.15, 0.2) is 0 Å².